The van der Waals surface area contributed by atoms with Gasteiger partial charge in [-0.3, -0.25) is 9.80 Å². The van der Waals surface area contributed by atoms with E-state index < -0.39 is 0 Å². The van der Waals surface area contributed by atoms with Crippen LogP contribution in [-0.4, -0.2) is 48.6 Å². The first kappa shape index (κ1) is 14.6. The molecule has 0 unspecified atom stereocenters. The lowest BCUT2D eigenvalue weighted by Crippen LogP contribution is -2.53. The first-order valence-corrected chi connectivity index (χ1v) is 7.18. The summed E-state index contributed by atoms with van der Waals surface area (Å²) in [7, 11) is 1.97. The van der Waals surface area contributed by atoms with E-state index in [9.17, 15) is 0 Å². The van der Waals surface area contributed by atoms with Gasteiger partial charge in [0, 0.05) is 43.8 Å². The van der Waals surface area contributed by atoms with Crippen LogP contribution in [0.25, 0.3) is 0 Å². The molecule has 1 aliphatic rings. The van der Waals surface area contributed by atoms with Gasteiger partial charge in [-0.1, -0.05) is 0 Å². The maximum atomic E-state index is 5.62. The minimum absolute atomic E-state index is 0.286. The standard InChI is InChI=1S/C15H27N3O/c1-15(2,3)18-8-6-17(7-9-18)12-14-13(11-16-4)5-10-19-14/h5,10,16H,6-9,11-12H2,1-4H3. The van der Waals surface area contributed by atoms with Crippen molar-refractivity contribution in [2.75, 3.05) is 33.2 Å². The first-order chi connectivity index (χ1) is 9.00. The second-order valence-electron chi connectivity index (χ2n) is 6.33. The normalized spacial score (nSPS) is 18.9. The fraction of sp³-hybridized carbons (Fsp3) is 0.733. The lowest BCUT2D eigenvalue weighted by molar-refractivity contribution is 0.0561. The molecule has 1 aromatic rings. The molecule has 0 aromatic carbocycles. The van der Waals surface area contributed by atoms with E-state index in [1.807, 2.05) is 7.05 Å². The molecule has 108 valence electrons. The minimum atomic E-state index is 0.286. The average Bonchev–Trinajstić information content (AvgIpc) is 2.77. The van der Waals surface area contributed by atoms with Gasteiger partial charge in [-0.25, -0.2) is 0 Å². The van der Waals surface area contributed by atoms with Crippen molar-refractivity contribution in [3.8, 4) is 0 Å². The maximum Gasteiger partial charge on any atom is 0.122 e. The van der Waals surface area contributed by atoms with Crippen LogP contribution >= 0.6 is 0 Å². The Morgan fingerprint density at radius 2 is 1.89 bits per heavy atom. The van der Waals surface area contributed by atoms with Gasteiger partial charge in [0.15, 0.2) is 0 Å². The highest BCUT2D eigenvalue weighted by Gasteiger charge is 2.26. The number of rotatable bonds is 4. The molecule has 19 heavy (non-hydrogen) atoms. The Kier molecular flexibility index (Phi) is 4.66. The lowest BCUT2D eigenvalue weighted by Gasteiger charge is -2.42. The van der Waals surface area contributed by atoms with Gasteiger partial charge >= 0.3 is 0 Å². The molecular formula is C15H27N3O. The van der Waals surface area contributed by atoms with Crippen molar-refractivity contribution in [3.63, 3.8) is 0 Å². The zero-order valence-corrected chi connectivity index (χ0v) is 12.7. The Bertz CT molecular complexity index is 386. The van der Waals surface area contributed by atoms with Crippen molar-refractivity contribution in [1.82, 2.24) is 15.1 Å². The van der Waals surface area contributed by atoms with Crippen LogP contribution in [0, 0.1) is 0 Å². The summed E-state index contributed by atoms with van der Waals surface area (Å²) in [5, 5.41) is 3.19. The number of nitrogens with one attached hydrogen (secondary N) is 1. The summed E-state index contributed by atoms with van der Waals surface area (Å²) in [5.74, 6) is 1.11. The van der Waals surface area contributed by atoms with Gasteiger partial charge in [-0.05, 0) is 33.9 Å². The molecule has 4 nitrogen and oxygen atoms in total. The molecule has 0 saturated carbocycles. The number of nitrogens with zero attached hydrogens (tertiary/aromatic N) is 2. The fourth-order valence-electron chi connectivity index (χ4n) is 2.63. The molecule has 1 saturated heterocycles. The molecule has 0 spiro atoms. The van der Waals surface area contributed by atoms with Crippen molar-refractivity contribution >= 4 is 0 Å². The van der Waals surface area contributed by atoms with Crippen molar-refractivity contribution < 1.29 is 4.42 Å². The van der Waals surface area contributed by atoms with Crippen LogP contribution in [0.2, 0.25) is 0 Å². The summed E-state index contributed by atoms with van der Waals surface area (Å²) in [4.78, 5) is 5.04. The Balaban J connectivity index is 1.87. The van der Waals surface area contributed by atoms with Gasteiger partial charge < -0.3 is 9.73 Å². The summed E-state index contributed by atoms with van der Waals surface area (Å²) in [6.07, 6.45) is 1.80. The molecule has 0 radical (unpaired) electrons. The van der Waals surface area contributed by atoms with E-state index in [-0.39, 0.29) is 5.54 Å². The van der Waals surface area contributed by atoms with E-state index in [2.05, 4.69) is 42.0 Å². The topological polar surface area (TPSA) is 31.7 Å². The smallest absolute Gasteiger partial charge is 0.122 e. The SMILES string of the molecule is CNCc1ccoc1CN1CCN(C(C)(C)C)CC1. The number of hydrogen-bond donors (Lipinski definition) is 1. The molecule has 0 atom stereocenters. The maximum absolute atomic E-state index is 5.62. The quantitative estimate of drug-likeness (QED) is 0.901. The first-order valence-electron chi connectivity index (χ1n) is 7.18. The summed E-state index contributed by atoms with van der Waals surface area (Å²) in [6.45, 7) is 13.2. The number of furan rings is 1. The Morgan fingerprint density at radius 1 is 1.21 bits per heavy atom. The third-order valence-corrected chi connectivity index (χ3v) is 3.89. The molecule has 1 N–H and O–H groups in total. The van der Waals surface area contributed by atoms with Gasteiger partial charge in [0.05, 0.1) is 12.8 Å². The van der Waals surface area contributed by atoms with E-state index in [4.69, 9.17) is 4.42 Å². The Labute approximate surface area is 116 Å². The second kappa shape index (κ2) is 6.07. The summed E-state index contributed by atoms with van der Waals surface area (Å²) >= 11 is 0. The Morgan fingerprint density at radius 3 is 2.47 bits per heavy atom. The van der Waals surface area contributed by atoms with Crippen molar-refractivity contribution in [2.24, 2.45) is 0 Å². The highest BCUT2D eigenvalue weighted by molar-refractivity contribution is 5.16. The fourth-order valence-corrected chi connectivity index (χ4v) is 2.63. The summed E-state index contributed by atoms with van der Waals surface area (Å²) in [6, 6.07) is 2.07. The van der Waals surface area contributed by atoms with Crippen LogP contribution in [-0.2, 0) is 13.1 Å². The lowest BCUT2D eigenvalue weighted by atomic mass is 10.0. The van der Waals surface area contributed by atoms with Gasteiger partial charge in [0.25, 0.3) is 0 Å². The third-order valence-electron chi connectivity index (χ3n) is 3.89. The number of piperazine rings is 1. The van der Waals surface area contributed by atoms with Crippen LogP contribution in [0.4, 0.5) is 0 Å². The van der Waals surface area contributed by atoms with Crippen LogP contribution in [0.15, 0.2) is 16.7 Å². The van der Waals surface area contributed by atoms with Crippen molar-refractivity contribution in [2.45, 2.75) is 39.4 Å². The zero-order valence-electron chi connectivity index (χ0n) is 12.7. The Hall–Kier alpha value is -0.840. The molecule has 0 amide bonds. The van der Waals surface area contributed by atoms with E-state index in [0.717, 1.165) is 45.0 Å². The minimum Gasteiger partial charge on any atom is -0.468 e. The van der Waals surface area contributed by atoms with Crippen LogP contribution in [0.3, 0.4) is 0 Å². The molecule has 2 heterocycles. The van der Waals surface area contributed by atoms with Gasteiger partial charge in [-0.15, -0.1) is 0 Å². The van der Waals surface area contributed by atoms with E-state index in [1.54, 1.807) is 6.26 Å². The van der Waals surface area contributed by atoms with E-state index in [1.165, 1.54) is 5.56 Å². The van der Waals surface area contributed by atoms with Crippen LogP contribution < -0.4 is 5.32 Å². The molecular weight excluding hydrogens is 238 g/mol. The van der Waals surface area contributed by atoms with E-state index in [0.29, 0.717) is 0 Å². The molecule has 1 aromatic heterocycles. The zero-order chi connectivity index (χ0) is 13.9. The third kappa shape index (κ3) is 3.81. The van der Waals surface area contributed by atoms with Crippen molar-refractivity contribution in [1.29, 1.82) is 0 Å². The highest BCUT2D eigenvalue weighted by atomic mass is 16.3. The van der Waals surface area contributed by atoms with Gasteiger partial charge in [0.1, 0.15) is 5.76 Å². The predicted molar refractivity (Wildman–Crippen MR) is 78.1 cm³/mol. The number of hydrogen-bond acceptors (Lipinski definition) is 4. The molecule has 2 rings (SSSR count). The van der Waals surface area contributed by atoms with Crippen molar-refractivity contribution in [3.05, 3.63) is 23.7 Å². The molecule has 4 heteroatoms. The monoisotopic (exact) mass is 265 g/mol. The summed E-state index contributed by atoms with van der Waals surface area (Å²) in [5.41, 5.74) is 1.56. The molecule has 1 aliphatic heterocycles. The van der Waals surface area contributed by atoms with Crippen LogP contribution in [0.5, 0.6) is 0 Å². The molecule has 1 fully saturated rings. The van der Waals surface area contributed by atoms with Gasteiger partial charge in [0.2, 0.25) is 0 Å². The largest absolute Gasteiger partial charge is 0.468 e. The van der Waals surface area contributed by atoms with Gasteiger partial charge in [-0.2, -0.15) is 0 Å². The average molecular weight is 265 g/mol. The second-order valence-corrected chi connectivity index (χ2v) is 6.33. The molecule has 0 aliphatic carbocycles. The molecule has 0 bridgehead atoms. The van der Waals surface area contributed by atoms with Crippen LogP contribution in [0.1, 0.15) is 32.1 Å². The predicted octanol–water partition coefficient (Wildman–Crippen LogP) is 1.92. The summed E-state index contributed by atoms with van der Waals surface area (Å²) < 4.78 is 5.62. The highest BCUT2D eigenvalue weighted by Crippen LogP contribution is 2.18. The van der Waals surface area contributed by atoms with E-state index >= 15 is 0 Å².